The van der Waals surface area contributed by atoms with Gasteiger partial charge in [0.25, 0.3) is 0 Å². The molecule has 7 nitrogen and oxygen atoms in total. The van der Waals surface area contributed by atoms with Crippen LogP contribution >= 0.6 is 11.6 Å². The lowest BCUT2D eigenvalue weighted by Crippen LogP contribution is -2.53. The molecule has 0 spiro atoms. The van der Waals surface area contributed by atoms with Gasteiger partial charge in [-0.3, -0.25) is 9.59 Å². The number of hydrogen-bond acceptors (Lipinski definition) is 4. The van der Waals surface area contributed by atoms with Crippen molar-refractivity contribution in [2.45, 2.75) is 69.5 Å². The van der Waals surface area contributed by atoms with E-state index in [2.05, 4.69) is 5.32 Å². The van der Waals surface area contributed by atoms with Crippen LogP contribution in [0.3, 0.4) is 0 Å². The van der Waals surface area contributed by atoms with Crippen LogP contribution in [0, 0.1) is 6.92 Å². The SMILES string of the molecule is CCC(C(=O)NC1CCCC1)N(Cc1ccc(Cl)cc1)C(=O)CN(C)S(=O)(=O)c1ccc(C)cc1. The van der Waals surface area contributed by atoms with Crippen LogP contribution in [0.1, 0.15) is 50.2 Å². The summed E-state index contributed by atoms with van der Waals surface area (Å²) in [5.41, 5.74) is 1.75. The van der Waals surface area contributed by atoms with Gasteiger partial charge in [0.15, 0.2) is 0 Å². The molecular weight excluding hydrogens is 486 g/mol. The van der Waals surface area contributed by atoms with Crippen LogP contribution < -0.4 is 5.32 Å². The molecule has 3 rings (SSSR count). The summed E-state index contributed by atoms with van der Waals surface area (Å²) in [6.07, 6.45) is 4.44. The molecular formula is C26H34ClN3O4S. The second-order valence-electron chi connectivity index (χ2n) is 9.14. The molecule has 1 unspecified atom stereocenters. The lowest BCUT2D eigenvalue weighted by molar-refractivity contribution is -0.141. The normalized spacial score (nSPS) is 15.2. The summed E-state index contributed by atoms with van der Waals surface area (Å²) in [6, 6.07) is 13.0. The van der Waals surface area contributed by atoms with E-state index >= 15 is 0 Å². The summed E-state index contributed by atoms with van der Waals surface area (Å²) < 4.78 is 27.2. The van der Waals surface area contributed by atoms with Gasteiger partial charge < -0.3 is 10.2 Å². The second-order valence-corrected chi connectivity index (χ2v) is 11.6. The van der Waals surface area contributed by atoms with Crippen molar-refractivity contribution in [3.63, 3.8) is 0 Å². The van der Waals surface area contributed by atoms with Crippen LogP contribution in [0.5, 0.6) is 0 Å². The molecule has 2 aromatic rings. The van der Waals surface area contributed by atoms with E-state index in [0.29, 0.717) is 11.4 Å². The first-order valence-electron chi connectivity index (χ1n) is 12.0. The number of benzene rings is 2. The molecule has 1 fully saturated rings. The van der Waals surface area contributed by atoms with E-state index in [1.54, 1.807) is 36.4 Å². The third kappa shape index (κ3) is 7.06. The van der Waals surface area contributed by atoms with Crippen molar-refractivity contribution >= 4 is 33.4 Å². The lowest BCUT2D eigenvalue weighted by atomic mass is 10.1. The Morgan fingerprint density at radius 1 is 1.06 bits per heavy atom. The summed E-state index contributed by atoms with van der Waals surface area (Å²) in [6.45, 7) is 3.52. The van der Waals surface area contributed by atoms with Crippen molar-refractivity contribution in [1.82, 2.24) is 14.5 Å². The molecule has 190 valence electrons. The van der Waals surface area contributed by atoms with Crippen molar-refractivity contribution in [2.75, 3.05) is 13.6 Å². The molecule has 2 amide bonds. The van der Waals surface area contributed by atoms with E-state index in [-0.39, 0.29) is 29.9 Å². The Morgan fingerprint density at radius 2 is 1.66 bits per heavy atom. The topological polar surface area (TPSA) is 86.8 Å². The van der Waals surface area contributed by atoms with Crippen LogP contribution in [0.15, 0.2) is 53.4 Å². The third-order valence-corrected chi connectivity index (χ3v) is 8.51. The fourth-order valence-corrected chi connectivity index (χ4v) is 5.58. The van der Waals surface area contributed by atoms with Gasteiger partial charge in [0, 0.05) is 24.7 Å². The number of nitrogens with zero attached hydrogens (tertiary/aromatic N) is 2. The predicted molar refractivity (Wildman–Crippen MR) is 137 cm³/mol. The molecule has 1 aliphatic carbocycles. The average molecular weight is 520 g/mol. The first kappa shape index (κ1) is 27.2. The first-order chi connectivity index (χ1) is 16.6. The Balaban J connectivity index is 1.83. The number of hydrogen-bond donors (Lipinski definition) is 1. The highest BCUT2D eigenvalue weighted by atomic mass is 35.5. The molecule has 1 saturated carbocycles. The molecule has 0 heterocycles. The number of nitrogens with one attached hydrogen (secondary N) is 1. The van der Waals surface area contributed by atoms with E-state index in [1.165, 1.54) is 24.1 Å². The van der Waals surface area contributed by atoms with Crippen molar-refractivity contribution in [3.05, 3.63) is 64.7 Å². The fraction of sp³-hybridized carbons (Fsp3) is 0.462. The number of carbonyl (C=O) groups excluding carboxylic acids is 2. The van der Waals surface area contributed by atoms with Gasteiger partial charge in [-0.05, 0) is 56.0 Å². The highest BCUT2D eigenvalue weighted by Crippen LogP contribution is 2.21. The molecule has 0 aromatic heterocycles. The molecule has 2 aromatic carbocycles. The molecule has 35 heavy (non-hydrogen) atoms. The average Bonchev–Trinajstić information content (AvgIpc) is 3.33. The number of carbonyl (C=O) groups is 2. The minimum absolute atomic E-state index is 0.119. The maximum Gasteiger partial charge on any atom is 0.243 e. The van der Waals surface area contributed by atoms with E-state index in [1.807, 2.05) is 13.8 Å². The molecule has 0 aliphatic heterocycles. The zero-order valence-corrected chi connectivity index (χ0v) is 22.1. The Kier molecular flexibility index (Phi) is 9.33. The molecule has 0 radical (unpaired) electrons. The first-order valence-corrected chi connectivity index (χ1v) is 13.8. The van der Waals surface area contributed by atoms with Gasteiger partial charge in [0.2, 0.25) is 21.8 Å². The summed E-state index contributed by atoms with van der Waals surface area (Å²) >= 11 is 6.02. The number of aryl methyl sites for hydroxylation is 1. The van der Waals surface area contributed by atoms with E-state index in [4.69, 9.17) is 11.6 Å². The summed E-state index contributed by atoms with van der Waals surface area (Å²) in [7, 11) is -2.48. The van der Waals surface area contributed by atoms with Crippen molar-refractivity contribution < 1.29 is 18.0 Å². The Bertz CT molecular complexity index is 1110. The monoisotopic (exact) mass is 519 g/mol. The van der Waals surface area contributed by atoms with Crippen LogP contribution in [0.4, 0.5) is 0 Å². The summed E-state index contributed by atoms with van der Waals surface area (Å²) in [5, 5.41) is 3.66. The number of sulfonamides is 1. The molecule has 0 bridgehead atoms. The zero-order chi connectivity index (χ0) is 25.6. The van der Waals surface area contributed by atoms with Gasteiger partial charge in [0.05, 0.1) is 11.4 Å². The van der Waals surface area contributed by atoms with Crippen LogP contribution in [0.25, 0.3) is 0 Å². The van der Waals surface area contributed by atoms with Crippen molar-refractivity contribution in [2.24, 2.45) is 0 Å². The maximum atomic E-state index is 13.5. The fourth-order valence-electron chi connectivity index (χ4n) is 4.33. The van der Waals surface area contributed by atoms with Crippen LogP contribution in [-0.4, -0.2) is 55.1 Å². The van der Waals surface area contributed by atoms with E-state index in [9.17, 15) is 18.0 Å². The molecule has 0 saturated heterocycles. The van der Waals surface area contributed by atoms with Gasteiger partial charge in [-0.2, -0.15) is 4.31 Å². The Labute approximate surface area is 213 Å². The summed E-state index contributed by atoms with van der Waals surface area (Å²) in [5.74, 6) is -0.641. The van der Waals surface area contributed by atoms with Crippen LogP contribution in [0.2, 0.25) is 5.02 Å². The van der Waals surface area contributed by atoms with E-state index < -0.39 is 22.0 Å². The maximum absolute atomic E-state index is 13.5. The minimum atomic E-state index is -3.87. The Morgan fingerprint density at radius 3 is 2.23 bits per heavy atom. The van der Waals surface area contributed by atoms with Crippen molar-refractivity contribution in [3.8, 4) is 0 Å². The summed E-state index contributed by atoms with van der Waals surface area (Å²) in [4.78, 5) is 28.3. The molecule has 1 aliphatic rings. The molecule has 1 N–H and O–H groups in total. The number of rotatable bonds is 10. The van der Waals surface area contributed by atoms with Crippen molar-refractivity contribution in [1.29, 1.82) is 0 Å². The standard InChI is InChI=1S/C26H34ClN3O4S/c1-4-24(26(32)28-22-7-5-6-8-22)30(17-20-11-13-21(27)14-12-20)25(31)18-29(3)35(33,34)23-15-9-19(2)10-16-23/h9-16,22,24H,4-8,17-18H2,1-3H3,(H,28,32). The van der Waals surface area contributed by atoms with Gasteiger partial charge in [-0.25, -0.2) is 8.42 Å². The minimum Gasteiger partial charge on any atom is -0.352 e. The number of halogens is 1. The smallest absolute Gasteiger partial charge is 0.243 e. The largest absolute Gasteiger partial charge is 0.352 e. The second kappa shape index (κ2) is 12.0. The van der Waals surface area contributed by atoms with Gasteiger partial charge in [-0.1, -0.05) is 61.2 Å². The third-order valence-electron chi connectivity index (χ3n) is 6.44. The Hall–Kier alpha value is -2.42. The van der Waals surface area contributed by atoms with Gasteiger partial charge >= 0.3 is 0 Å². The quantitative estimate of drug-likeness (QED) is 0.511. The lowest BCUT2D eigenvalue weighted by Gasteiger charge is -2.32. The zero-order valence-electron chi connectivity index (χ0n) is 20.5. The van der Waals surface area contributed by atoms with Gasteiger partial charge in [-0.15, -0.1) is 0 Å². The highest BCUT2D eigenvalue weighted by Gasteiger charge is 2.33. The van der Waals surface area contributed by atoms with Crippen LogP contribution in [-0.2, 0) is 26.2 Å². The molecule has 1 atom stereocenters. The van der Waals surface area contributed by atoms with Gasteiger partial charge in [0.1, 0.15) is 6.04 Å². The highest BCUT2D eigenvalue weighted by molar-refractivity contribution is 7.89. The molecule has 9 heteroatoms. The van der Waals surface area contributed by atoms with E-state index in [0.717, 1.165) is 41.1 Å². The predicted octanol–water partition coefficient (Wildman–Crippen LogP) is 4.14. The number of likely N-dealkylation sites (N-methyl/N-ethyl adjacent to an activating group) is 1. The number of amides is 2.